The summed E-state index contributed by atoms with van der Waals surface area (Å²) in [4.78, 5) is 18.0. The predicted octanol–water partition coefficient (Wildman–Crippen LogP) is 4.47. The summed E-state index contributed by atoms with van der Waals surface area (Å²) in [5.74, 6) is -0.379. The number of carboxylic acids is 1. The summed E-state index contributed by atoms with van der Waals surface area (Å²) in [6.45, 7) is 3.11. The smallest absolute Gasteiger partial charge is 0.335 e. The molecular formula is C22H29N3O2. The van der Waals surface area contributed by atoms with Gasteiger partial charge in [-0.3, -0.25) is 4.90 Å². The van der Waals surface area contributed by atoms with Crippen LogP contribution in [0, 0.1) is 0 Å². The summed E-state index contributed by atoms with van der Waals surface area (Å²) >= 11 is 0. The van der Waals surface area contributed by atoms with Gasteiger partial charge in [0.2, 0.25) is 0 Å². The van der Waals surface area contributed by atoms with E-state index in [-0.39, 0.29) is 0 Å². The first-order valence-electron chi connectivity index (χ1n) is 10.3. The number of imidazole rings is 1. The second kappa shape index (κ2) is 8.26. The maximum absolute atomic E-state index is 11.1. The normalized spacial score (nSPS) is 22.0. The molecule has 0 bridgehead atoms. The van der Waals surface area contributed by atoms with E-state index in [9.17, 15) is 4.79 Å². The summed E-state index contributed by atoms with van der Waals surface area (Å²) in [6.07, 6.45) is 13.0. The number of carbonyl (C=O) groups is 1. The lowest BCUT2D eigenvalue weighted by Crippen LogP contribution is -2.34. The Morgan fingerprint density at radius 3 is 2.59 bits per heavy atom. The van der Waals surface area contributed by atoms with E-state index in [1.165, 1.54) is 56.2 Å². The Morgan fingerprint density at radius 1 is 1.07 bits per heavy atom. The minimum Gasteiger partial charge on any atom is -0.478 e. The van der Waals surface area contributed by atoms with E-state index in [2.05, 4.69) is 14.5 Å². The molecular weight excluding hydrogens is 338 g/mol. The molecule has 0 radical (unpaired) electrons. The largest absolute Gasteiger partial charge is 0.478 e. The molecule has 0 spiro atoms. The Hall–Kier alpha value is -2.14. The minimum atomic E-state index is -0.859. The zero-order valence-electron chi connectivity index (χ0n) is 15.9. The molecule has 2 aliphatic rings. The van der Waals surface area contributed by atoms with Crippen molar-refractivity contribution in [2.24, 2.45) is 0 Å². The quantitative estimate of drug-likeness (QED) is 0.847. The molecule has 144 valence electrons. The molecule has 1 aromatic heterocycles. The molecule has 2 fully saturated rings. The standard InChI is InChI=1S/C22H29N3O2/c26-22(27)18-10-8-17(9-11-18)19-5-4-12-24(14-19)15-21-13-23-16-25(21)20-6-2-1-3-7-20/h8-11,13,16,19-20H,1-7,12,14-15H2,(H,26,27)/t19-/m0/s1. The first-order valence-corrected chi connectivity index (χ1v) is 10.3. The lowest BCUT2D eigenvalue weighted by Gasteiger charge is -2.34. The van der Waals surface area contributed by atoms with Gasteiger partial charge in [-0.2, -0.15) is 0 Å². The van der Waals surface area contributed by atoms with Gasteiger partial charge in [-0.15, -0.1) is 0 Å². The topological polar surface area (TPSA) is 58.4 Å². The third kappa shape index (κ3) is 4.24. The van der Waals surface area contributed by atoms with Gasteiger partial charge in [0.25, 0.3) is 0 Å². The van der Waals surface area contributed by atoms with Crippen LogP contribution in [0.5, 0.6) is 0 Å². The molecule has 0 amide bonds. The number of carboxylic acid groups (broad SMARTS) is 1. The number of aromatic carboxylic acids is 1. The van der Waals surface area contributed by atoms with Crippen molar-refractivity contribution >= 4 is 5.97 Å². The Bertz CT molecular complexity index is 762. The van der Waals surface area contributed by atoms with Gasteiger partial charge in [-0.25, -0.2) is 9.78 Å². The van der Waals surface area contributed by atoms with E-state index in [1.54, 1.807) is 12.1 Å². The van der Waals surface area contributed by atoms with Gasteiger partial charge in [0.15, 0.2) is 0 Å². The fraction of sp³-hybridized carbons (Fsp3) is 0.545. The Morgan fingerprint density at radius 2 is 1.85 bits per heavy atom. The van der Waals surface area contributed by atoms with Crippen molar-refractivity contribution in [1.29, 1.82) is 0 Å². The van der Waals surface area contributed by atoms with Crippen LogP contribution in [0.3, 0.4) is 0 Å². The van der Waals surface area contributed by atoms with Gasteiger partial charge in [0, 0.05) is 25.3 Å². The van der Waals surface area contributed by atoms with Crippen molar-refractivity contribution < 1.29 is 9.90 Å². The number of benzene rings is 1. The molecule has 2 aromatic rings. The van der Waals surface area contributed by atoms with Crippen molar-refractivity contribution in [1.82, 2.24) is 14.5 Å². The van der Waals surface area contributed by atoms with Crippen LogP contribution in [0.2, 0.25) is 0 Å². The maximum Gasteiger partial charge on any atom is 0.335 e. The summed E-state index contributed by atoms with van der Waals surface area (Å²) in [6, 6.07) is 8.07. The van der Waals surface area contributed by atoms with Crippen molar-refractivity contribution in [3.63, 3.8) is 0 Å². The lowest BCUT2D eigenvalue weighted by atomic mass is 9.90. The third-order valence-electron chi connectivity index (χ3n) is 6.23. The van der Waals surface area contributed by atoms with E-state index in [0.29, 0.717) is 17.5 Å². The number of hydrogen-bond acceptors (Lipinski definition) is 3. The van der Waals surface area contributed by atoms with Crippen LogP contribution in [0.1, 0.15) is 78.5 Å². The summed E-state index contributed by atoms with van der Waals surface area (Å²) in [7, 11) is 0. The molecule has 2 heterocycles. The van der Waals surface area contributed by atoms with Gasteiger partial charge in [-0.1, -0.05) is 31.4 Å². The summed E-state index contributed by atoms with van der Waals surface area (Å²) in [5, 5.41) is 9.09. The second-order valence-corrected chi connectivity index (χ2v) is 8.09. The third-order valence-corrected chi connectivity index (χ3v) is 6.23. The van der Waals surface area contributed by atoms with Crippen LogP contribution in [-0.4, -0.2) is 38.6 Å². The van der Waals surface area contributed by atoms with E-state index in [1.807, 2.05) is 24.7 Å². The molecule has 1 saturated heterocycles. The predicted molar refractivity (Wildman–Crippen MR) is 105 cm³/mol. The van der Waals surface area contributed by atoms with Crippen LogP contribution in [0.15, 0.2) is 36.8 Å². The maximum atomic E-state index is 11.1. The molecule has 1 atom stereocenters. The minimum absolute atomic E-state index is 0.364. The van der Waals surface area contributed by atoms with E-state index < -0.39 is 5.97 Å². The van der Waals surface area contributed by atoms with Crippen molar-refractivity contribution in [2.45, 2.75) is 63.5 Å². The van der Waals surface area contributed by atoms with Gasteiger partial charge in [0.05, 0.1) is 17.6 Å². The molecule has 0 unspecified atom stereocenters. The highest BCUT2D eigenvalue weighted by Gasteiger charge is 2.24. The highest BCUT2D eigenvalue weighted by Crippen LogP contribution is 2.31. The van der Waals surface area contributed by atoms with E-state index in [0.717, 1.165) is 19.6 Å². The van der Waals surface area contributed by atoms with Crippen LogP contribution >= 0.6 is 0 Å². The number of aromatic nitrogens is 2. The van der Waals surface area contributed by atoms with Gasteiger partial charge in [0.1, 0.15) is 0 Å². The first kappa shape index (κ1) is 18.2. The van der Waals surface area contributed by atoms with Crippen LogP contribution < -0.4 is 0 Å². The fourth-order valence-electron chi connectivity index (χ4n) is 4.74. The highest BCUT2D eigenvalue weighted by atomic mass is 16.4. The average molecular weight is 367 g/mol. The number of likely N-dealkylation sites (tertiary alicyclic amines) is 1. The second-order valence-electron chi connectivity index (χ2n) is 8.09. The molecule has 5 nitrogen and oxygen atoms in total. The number of hydrogen-bond donors (Lipinski definition) is 1. The molecule has 4 rings (SSSR count). The molecule has 1 aliphatic carbocycles. The molecule has 27 heavy (non-hydrogen) atoms. The van der Waals surface area contributed by atoms with Crippen LogP contribution in [-0.2, 0) is 6.54 Å². The zero-order valence-corrected chi connectivity index (χ0v) is 15.9. The Labute approximate surface area is 161 Å². The Balaban J connectivity index is 1.42. The van der Waals surface area contributed by atoms with E-state index in [4.69, 9.17) is 5.11 Å². The SMILES string of the molecule is O=C(O)c1ccc([C@H]2CCCN(Cc3cncn3C3CCCCC3)C2)cc1. The van der Waals surface area contributed by atoms with Gasteiger partial charge < -0.3 is 9.67 Å². The molecule has 1 aliphatic heterocycles. The monoisotopic (exact) mass is 367 g/mol. The molecule has 1 saturated carbocycles. The van der Waals surface area contributed by atoms with Gasteiger partial charge >= 0.3 is 5.97 Å². The highest BCUT2D eigenvalue weighted by molar-refractivity contribution is 5.87. The number of piperidine rings is 1. The summed E-state index contributed by atoms with van der Waals surface area (Å²) in [5.41, 5.74) is 2.96. The average Bonchev–Trinajstić information content (AvgIpc) is 3.17. The van der Waals surface area contributed by atoms with Crippen molar-refractivity contribution in [3.8, 4) is 0 Å². The van der Waals surface area contributed by atoms with Gasteiger partial charge in [-0.05, 0) is 55.8 Å². The van der Waals surface area contributed by atoms with Crippen molar-refractivity contribution in [2.75, 3.05) is 13.1 Å². The van der Waals surface area contributed by atoms with Crippen LogP contribution in [0.25, 0.3) is 0 Å². The van der Waals surface area contributed by atoms with Crippen LogP contribution in [0.4, 0.5) is 0 Å². The lowest BCUT2D eigenvalue weighted by molar-refractivity contribution is 0.0697. The number of rotatable bonds is 5. The molecule has 1 aromatic carbocycles. The first-order chi connectivity index (χ1) is 13.2. The zero-order chi connectivity index (χ0) is 18.6. The molecule has 1 N–H and O–H groups in total. The van der Waals surface area contributed by atoms with E-state index >= 15 is 0 Å². The number of nitrogens with zero attached hydrogens (tertiary/aromatic N) is 3. The fourth-order valence-corrected chi connectivity index (χ4v) is 4.74. The Kier molecular flexibility index (Phi) is 5.58. The summed E-state index contributed by atoms with van der Waals surface area (Å²) < 4.78 is 2.42. The molecule has 5 heteroatoms. The van der Waals surface area contributed by atoms with Crippen molar-refractivity contribution in [3.05, 3.63) is 53.6 Å².